The average Bonchev–Trinajstić information content (AvgIpc) is 3.17. The topological polar surface area (TPSA) is 72.9 Å². The van der Waals surface area contributed by atoms with Crippen LogP contribution in [0.3, 0.4) is 0 Å². The van der Waals surface area contributed by atoms with E-state index in [-0.39, 0.29) is 0 Å². The van der Waals surface area contributed by atoms with E-state index >= 15 is 0 Å². The van der Waals surface area contributed by atoms with Gasteiger partial charge in [-0.1, -0.05) is 30.3 Å². The Bertz CT molecular complexity index is 939. The second-order valence-corrected chi connectivity index (χ2v) is 5.26. The zero-order valence-corrected chi connectivity index (χ0v) is 12.6. The van der Waals surface area contributed by atoms with Gasteiger partial charge in [0.15, 0.2) is 5.82 Å². The Morgan fingerprint density at radius 2 is 2.00 bits per heavy atom. The zero-order valence-electron chi connectivity index (χ0n) is 12.6. The molecule has 114 valence electrons. The molecule has 0 fully saturated rings. The number of fused-ring (bicyclic) bond motifs is 1. The van der Waals surface area contributed by atoms with Crippen LogP contribution in [0.4, 0.5) is 11.6 Å². The monoisotopic (exact) mass is 305 g/mol. The van der Waals surface area contributed by atoms with Gasteiger partial charge in [-0.3, -0.25) is 4.68 Å². The van der Waals surface area contributed by atoms with Crippen molar-refractivity contribution < 1.29 is 0 Å². The predicted octanol–water partition coefficient (Wildman–Crippen LogP) is 2.42. The van der Waals surface area contributed by atoms with Crippen LogP contribution in [-0.4, -0.2) is 29.4 Å². The minimum Gasteiger partial charge on any atom is -0.323 e. The van der Waals surface area contributed by atoms with Crippen molar-refractivity contribution >= 4 is 17.4 Å². The van der Waals surface area contributed by atoms with E-state index in [1.165, 1.54) is 11.9 Å². The van der Waals surface area contributed by atoms with Crippen molar-refractivity contribution in [3.63, 3.8) is 0 Å². The molecule has 0 aliphatic carbocycles. The minimum atomic E-state index is 0.566. The second kappa shape index (κ2) is 5.53. The van der Waals surface area contributed by atoms with Crippen molar-refractivity contribution in [2.45, 2.75) is 13.5 Å². The summed E-state index contributed by atoms with van der Waals surface area (Å²) in [6, 6.07) is 14.1. The van der Waals surface area contributed by atoms with Crippen molar-refractivity contribution in [3.8, 4) is 0 Å². The van der Waals surface area contributed by atoms with Crippen LogP contribution in [0.5, 0.6) is 0 Å². The minimum absolute atomic E-state index is 0.566. The molecule has 0 bridgehead atoms. The van der Waals surface area contributed by atoms with Crippen LogP contribution >= 0.6 is 0 Å². The Hall–Kier alpha value is -3.22. The zero-order chi connectivity index (χ0) is 15.6. The molecule has 1 N–H and O–H groups in total. The number of anilines is 2. The van der Waals surface area contributed by atoms with Gasteiger partial charge >= 0.3 is 0 Å². The molecule has 0 aliphatic rings. The molecule has 0 saturated carbocycles. The molecule has 3 aromatic heterocycles. The lowest BCUT2D eigenvalue weighted by molar-refractivity contribution is 0.689. The average molecular weight is 305 g/mol. The van der Waals surface area contributed by atoms with E-state index in [2.05, 4.69) is 37.6 Å². The van der Waals surface area contributed by atoms with Gasteiger partial charge in [0.25, 0.3) is 5.78 Å². The van der Waals surface area contributed by atoms with Crippen LogP contribution in [0, 0.1) is 6.92 Å². The Morgan fingerprint density at radius 1 is 1.13 bits per heavy atom. The van der Waals surface area contributed by atoms with Gasteiger partial charge in [-0.2, -0.15) is 19.7 Å². The number of rotatable bonds is 4. The molecule has 0 radical (unpaired) electrons. The summed E-state index contributed by atoms with van der Waals surface area (Å²) in [6.45, 7) is 2.66. The molecule has 4 aromatic rings. The second-order valence-electron chi connectivity index (χ2n) is 5.26. The fraction of sp³-hybridized carbons (Fsp3) is 0.125. The predicted molar refractivity (Wildman–Crippen MR) is 86.6 cm³/mol. The van der Waals surface area contributed by atoms with Crippen molar-refractivity contribution in [3.05, 3.63) is 66.2 Å². The number of hydrogen-bond acceptors (Lipinski definition) is 5. The first-order chi connectivity index (χ1) is 11.3. The summed E-state index contributed by atoms with van der Waals surface area (Å²) < 4.78 is 3.55. The lowest BCUT2D eigenvalue weighted by Gasteiger charge is -2.06. The molecule has 0 unspecified atom stereocenters. The molecule has 0 atom stereocenters. The van der Waals surface area contributed by atoms with Crippen LogP contribution in [0.1, 0.15) is 11.3 Å². The summed E-state index contributed by atoms with van der Waals surface area (Å²) in [7, 11) is 0. The number of aryl methyl sites for hydroxylation is 1. The molecule has 3 heterocycles. The molecule has 0 spiro atoms. The quantitative estimate of drug-likeness (QED) is 0.627. The number of hydrogen-bond donors (Lipinski definition) is 1. The van der Waals surface area contributed by atoms with E-state index in [9.17, 15) is 0 Å². The van der Waals surface area contributed by atoms with Crippen molar-refractivity contribution in [1.29, 1.82) is 0 Å². The van der Waals surface area contributed by atoms with Crippen LogP contribution < -0.4 is 5.32 Å². The van der Waals surface area contributed by atoms with E-state index in [4.69, 9.17) is 0 Å². The summed E-state index contributed by atoms with van der Waals surface area (Å²) >= 11 is 0. The molecule has 23 heavy (non-hydrogen) atoms. The van der Waals surface area contributed by atoms with Gasteiger partial charge in [0.2, 0.25) is 0 Å². The molecule has 1 aromatic carbocycles. The Balaban J connectivity index is 1.58. The fourth-order valence-electron chi connectivity index (χ4n) is 2.44. The lowest BCUT2D eigenvalue weighted by Crippen LogP contribution is -2.04. The third-order valence-corrected chi connectivity index (χ3v) is 3.46. The van der Waals surface area contributed by atoms with E-state index < -0.39 is 0 Å². The van der Waals surface area contributed by atoms with Gasteiger partial charge in [-0.05, 0) is 12.5 Å². The molecule has 4 rings (SSSR count). The summed E-state index contributed by atoms with van der Waals surface area (Å²) in [4.78, 5) is 8.44. The maximum absolute atomic E-state index is 4.55. The van der Waals surface area contributed by atoms with E-state index in [1.807, 2.05) is 48.1 Å². The number of nitrogens with one attached hydrogen (secondary N) is 1. The SMILES string of the molecule is Cc1cc(Nc2ccn(Cc3ccccc3)n2)n2ncnc2n1. The third-order valence-electron chi connectivity index (χ3n) is 3.46. The molecular weight excluding hydrogens is 290 g/mol. The highest BCUT2D eigenvalue weighted by Crippen LogP contribution is 2.16. The van der Waals surface area contributed by atoms with Crippen molar-refractivity contribution in [2.75, 3.05) is 5.32 Å². The number of aromatic nitrogens is 6. The number of benzene rings is 1. The molecular formula is C16H15N7. The van der Waals surface area contributed by atoms with Gasteiger partial charge in [-0.15, -0.1) is 0 Å². The highest BCUT2D eigenvalue weighted by atomic mass is 15.4. The largest absolute Gasteiger partial charge is 0.323 e. The summed E-state index contributed by atoms with van der Waals surface area (Å²) in [6.07, 6.45) is 3.43. The molecule has 7 nitrogen and oxygen atoms in total. The van der Waals surface area contributed by atoms with Crippen LogP contribution in [-0.2, 0) is 6.54 Å². The van der Waals surface area contributed by atoms with E-state index in [1.54, 1.807) is 4.52 Å². The molecule has 0 saturated heterocycles. The summed E-state index contributed by atoms with van der Waals surface area (Å²) in [5, 5.41) is 12.0. The van der Waals surface area contributed by atoms with Crippen molar-refractivity contribution in [2.24, 2.45) is 0 Å². The van der Waals surface area contributed by atoms with Crippen LogP contribution in [0.2, 0.25) is 0 Å². The Kier molecular flexibility index (Phi) is 3.23. The highest BCUT2D eigenvalue weighted by molar-refractivity contribution is 5.54. The summed E-state index contributed by atoms with van der Waals surface area (Å²) in [5.74, 6) is 2.11. The van der Waals surface area contributed by atoms with Crippen LogP contribution in [0.15, 0.2) is 55.0 Å². The lowest BCUT2D eigenvalue weighted by atomic mass is 10.2. The van der Waals surface area contributed by atoms with Gasteiger partial charge in [0.1, 0.15) is 12.1 Å². The first kappa shape index (κ1) is 13.4. The Labute approximate surface area is 132 Å². The smallest absolute Gasteiger partial charge is 0.254 e. The van der Waals surface area contributed by atoms with E-state index in [0.29, 0.717) is 5.78 Å². The normalized spacial score (nSPS) is 11.0. The van der Waals surface area contributed by atoms with Gasteiger partial charge in [-0.25, -0.2) is 4.98 Å². The maximum Gasteiger partial charge on any atom is 0.254 e. The van der Waals surface area contributed by atoms with E-state index in [0.717, 1.165) is 23.9 Å². The Morgan fingerprint density at radius 3 is 2.87 bits per heavy atom. The fourth-order valence-corrected chi connectivity index (χ4v) is 2.44. The standard InChI is InChI=1S/C16H15N7/c1-12-9-15(23-16(19-12)17-11-18-23)20-14-7-8-22(21-14)10-13-5-3-2-4-6-13/h2-9,11H,10H2,1H3,(H,20,21). The third kappa shape index (κ3) is 2.76. The maximum atomic E-state index is 4.55. The molecule has 0 aliphatic heterocycles. The van der Waals surface area contributed by atoms with Crippen molar-refractivity contribution in [1.82, 2.24) is 29.4 Å². The van der Waals surface area contributed by atoms with Crippen LogP contribution in [0.25, 0.3) is 5.78 Å². The molecule has 0 amide bonds. The summed E-state index contributed by atoms with van der Waals surface area (Å²) in [5.41, 5.74) is 2.08. The van der Waals surface area contributed by atoms with Gasteiger partial charge < -0.3 is 5.32 Å². The van der Waals surface area contributed by atoms with Gasteiger partial charge in [0, 0.05) is 24.0 Å². The first-order valence-corrected chi connectivity index (χ1v) is 7.30. The highest BCUT2D eigenvalue weighted by Gasteiger charge is 2.07. The number of nitrogens with zero attached hydrogens (tertiary/aromatic N) is 6. The first-order valence-electron chi connectivity index (χ1n) is 7.30. The van der Waals surface area contributed by atoms with Gasteiger partial charge in [0.05, 0.1) is 6.54 Å². The molecule has 7 heteroatoms.